The van der Waals surface area contributed by atoms with Crippen LogP contribution < -0.4 is 15.0 Å². The normalized spacial score (nSPS) is 17.0. The fraction of sp³-hybridized carbons (Fsp3) is 0.0968. The van der Waals surface area contributed by atoms with Crippen molar-refractivity contribution in [3.05, 3.63) is 132 Å². The van der Waals surface area contributed by atoms with Gasteiger partial charge in [0, 0.05) is 17.4 Å². The SMILES string of the molecule is Cc1ccc(Oc2ccc(N3C(=S)NC(c4ccccn4)C3c3ccc(-c4ccccc4)o3)cc2)cc1. The number of pyridine rings is 1. The van der Waals surface area contributed by atoms with Crippen molar-refractivity contribution in [2.45, 2.75) is 19.0 Å². The lowest BCUT2D eigenvalue weighted by Gasteiger charge is -2.26. The second-order valence-corrected chi connectivity index (χ2v) is 9.36. The Labute approximate surface area is 221 Å². The number of ether oxygens (including phenoxy) is 1. The van der Waals surface area contributed by atoms with Crippen LogP contribution in [-0.2, 0) is 0 Å². The van der Waals surface area contributed by atoms with Crippen molar-refractivity contribution in [2.24, 2.45) is 0 Å². The molecule has 5 aromatic rings. The van der Waals surface area contributed by atoms with E-state index in [0.717, 1.165) is 40.0 Å². The smallest absolute Gasteiger partial charge is 0.174 e. The lowest BCUT2D eigenvalue weighted by molar-refractivity contribution is 0.439. The maximum absolute atomic E-state index is 6.42. The van der Waals surface area contributed by atoms with Gasteiger partial charge in [-0.1, -0.05) is 54.1 Å². The Bertz CT molecular complexity index is 1500. The van der Waals surface area contributed by atoms with Crippen molar-refractivity contribution in [3.8, 4) is 22.8 Å². The molecule has 0 bridgehead atoms. The minimum atomic E-state index is -0.219. The molecule has 2 atom stereocenters. The van der Waals surface area contributed by atoms with Gasteiger partial charge in [0.25, 0.3) is 0 Å². The number of aryl methyl sites for hydroxylation is 1. The van der Waals surface area contributed by atoms with E-state index in [2.05, 4.69) is 22.1 Å². The van der Waals surface area contributed by atoms with Gasteiger partial charge in [-0.2, -0.15) is 0 Å². The van der Waals surface area contributed by atoms with Crippen LogP contribution in [-0.4, -0.2) is 10.1 Å². The van der Waals surface area contributed by atoms with Crippen LogP contribution in [0.4, 0.5) is 5.69 Å². The highest BCUT2D eigenvalue weighted by atomic mass is 32.1. The van der Waals surface area contributed by atoms with Crippen molar-refractivity contribution in [2.75, 3.05) is 4.90 Å². The van der Waals surface area contributed by atoms with Crippen molar-refractivity contribution < 1.29 is 9.15 Å². The Kier molecular flexibility index (Phi) is 6.16. The molecule has 2 unspecified atom stereocenters. The van der Waals surface area contributed by atoms with Gasteiger partial charge in [0.2, 0.25) is 0 Å². The van der Waals surface area contributed by atoms with E-state index < -0.39 is 0 Å². The summed E-state index contributed by atoms with van der Waals surface area (Å²) in [5.74, 6) is 3.18. The second-order valence-electron chi connectivity index (χ2n) is 8.97. The molecular formula is C31H25N3O2S. The van der Waals surface area contributed by atoms with Gasteiger partial charge in [-0.05, 0) is 79.8 Å². The predicted octanol–water partition coefficient (Wildman–Crippen LogP) is 7.62. The molecule has 3 heterocycles. The van der Waals surface area contributed by atoms with Gasteiger partial charge in [-0.3, -0.25) is 4.98 Å². The third-order valence-corrected chi connectivity index (χ3v) is 6.76. The molecule has 182 valence electrons. The van der Waals surface area contributed by atoms with Crippen LogP contribution in [0.1, 0.15) is 29.1 Å². The Hall–Kier alpha value is -4.42. The number of nitrogens with zero attached hydrogens (tertiary/aromatic N) is 2. The highest BCUT2D eigenvalue weighted by Gasteiger charge is 2.42. The second kappa shape index (κ2) is 9.91. The predicted molar refractivity (Wildman–Crippen MR) is 150 cm³/mol. The summed E-state index contributed by atoms with van der Waals surface area (Å²) < 4.78 is 12.5. The number of rotatable bonds is 6. The summed E-state index contributed by atoms with van der Waals surface area (Å²) in [5, 5.41) is 4.10. The summed E-state index contributed by atoms with van der Waals surface area (Å²) in [7, 11) is 0. The van der Waals surface area contributed by atoms with Crippen LogP contribution in [0.2, 0.25) is 0 Å². The van der Waals surface area contributed by atoms with E-state index in [0.29, 0.717) is 5.11 Å². The highest BCUT2D eigenvalue weighted by Crippen LogP contribution is 2.43. The molecule has 6 heteroatoms. The topological polar surface area (TPSA) is 50.5 Å². The first-order valence-electron chi connectivity index (χ1n) is 12.2. The van der Waals surface area contributed by atoms with E-state index >= 15 is 0 Å². The molecule has 3 aromatic carbocycles. The van der Waals surface area contributed by atoms with E-state index in [1.807, 2.05) is 109 Å². The number of nitrogens with one attached hydrogen (secondary N) is 1. The van der Waals surface area contributed by atoms with Crippen LogP contribution >= 0.6 is 12.2 Å². The zero-order valence-electron chi connectivity index (χ0n) is 20.2. The number of furan rings is 1. The third-order valence-electron chi connectivity index (χ3n) is 6.45. The average Bonchev–Trinajstić information content (AvgIpc) is 3.56. The van der Waals surface area contributed by atoms with Crippen LogP contribution in [0.3, 0.4) is 0 Å². The van der Waals surface area contributed by atoms with E-state index in [4.69, 9.17) is 21.4 Å². The molecule has 0 saturated carbocycles. The molecule has 1 fully saturated rings. The summed E-state index contributed by atoms with van der Waals surface area (Å²) in [5.41, 5.74) is 4.06. The minimum absolute atomic E-state index is 0.174. The number of benzene rings is 3. The van der Waals surface area contributed by atoms with Crippen molar-refractivity contribution in [1.29, 1.82) is 0 Å². The zero-order valence-corrected chi connectivity index (χ0v) is 21.1. The molecular weight excluding hydrogens is 478 g/mol. The Morgan fingerprint density at radius 2 is 1.51 bits per heavy atom. The number of aromatic nitrogens is 1. The van der Waals surface area contributed by atoms with Gasteiger partial charge in [0.15, 0.2) is 5.11 Å². The van der Waals surface area contributed by atoms with Gasteiger partial charge < -0.3 is 19.4 Å². The lowest BCUT2D eigenvalue weighted by atomic mass is 10.0. The number of hydrogen-bond donors (Lipinski definition) is 1. The van der Waals surface area contributed by atoms with Gasteiger partial charge in [0.05, 0.1) is 11.7 Å². The fourth-order valence-electron chi connectivity index (χ4n) is 4.61. The fourth-order valence-corrected chi connectivity index (χ4v) is 4.95. The molecule has 1 aliphatic rings. The first-order valence-corrected chi connectivity index (χ1v) is 12.6. The molecule has 6 rings (SSSR count). The molecule has 0 amide bonds. The molecule has 0 radical (unpaired) electrons. The van der Waals surface area contributed by atoms with Crippen molar-refractivity contribution >= 4 is 23.0 Å². The molecule has 1 N–H and O–H groups in total. The van der Waals surface area contributed by atoms with Crippen LogP contribution in [0, 0.1) is 6.92 Å². The van der Waals surface area contributed by atoms with Crippen molar-refractivity contribution in [1.82, 2.24) is 10.3 Å². The number of anilines is 1. The molecule has 37 heavy (non-hydrogen) atoms. The molecule has 1 saturated heterocycles. The van der Waals surface area contributed by atoms with E-state index in [-0.39, 0.29) is 12.1 Å². The largest absolute Gasteiger partial charge is 0.459 e. The van der Waals surface area contributed by atoms with E-state index in [9.17, 15) is 0 Å². The van der Waals surface area contributed by atoms with E-state index in [1.54, 1.807) is 6.20 Å². The minimum Gasteiger partial charge on any atom is -0.459 e. The first-order chi connectivity index (χ1) is 18.2. The summed E-state index contributed by atoms with van der Waals surface area (Å²) in [6.07, 6.45) is 1.80. The zero-order chi connectivity index (χ0) is 25.2. The maximum Gasteiger partial charge on any atom is 0.174 e. The van der Waals surface area contributed by atoms with Crippen LogP contribution in [0.15, 0.2) is 120 Å². The van der Waals surface area contributed by atoms with E-state index in [1.165, 1.54) is 5.56 Å². The summed E-state index contributed by atoms with van der Waals surface area (Å²) in [4.78, 5) is 6.72. The number of hydrogen-bond acceptors (Lipinski definition) is 4. The molecule has 0 spiro atoms. The summed E-state index contributed by atoms with van der Waals surface area (Å²) >= 11 is 5.84. The molecule has 2 aromatic heterocycles. The molecule has 1 aliphatic heterocycles. The van der Waals surface area contributed by atoms with Crippen molar-refractivity contribution in [3.63, 3.8) is 0 Å². The Balaban J connectivity index is 1.34. The lowest BCUT2D eigenvalue weighted by Crippen LogP contribution is -2.29. The first kappa shape index (κ1) is 23.0. The summed E-state index contributed by atoms with van der Waals surface area (Å²) in [6.45, 7) is 2.06. The molecule has 0 aliphatic carbocycles. The van der Waals surface area contributed by atoms with Crippen LogP contribution in [0.5, 0.6) is 11.5 Å². The third kappa shape index (κ3) is 4.71. The quantitative estimate of drug-likeness (QED) is 0.241. The Morgan fingerprint density at radius 3 is 2.22 bits per heavy atom. The highest BCUT2D eigenvalue weighted by molar-refractivity contribution is 7.80. The van der Waals surface area contributed by atoms with Gasteiger partial charge in [-0.25, -0.2) is 0 Å². The monoisotopic (exact) mass is 503 g/mol. The Morgan fingerprint density at radius 1 is 0.811 bits per heavy atom. The van der Waals surface area contributed by atoms with Gasteiger partial charge >= 0.3 is 0 Å². The van der Waals surface area contributed by atoms with Gasteiger partial charge in [-0.15, -0.1) is 0 Å². The average molecular weight is 504 g/mol. The maximum atomic E-state index is 6.42. The number of thiocarbonyl (C=S) groups is 1. The van der Waals surface area contributed by atoms with Crippen LogP contribution in [0.25, 0.3) is 11.3 Å². The summed E-state index contributed by atoms with van der Waals surface area (Å²) in [6, 6.07) is 35.6. The molecule has 5 nitrogen and oxygen atoms in total. The standard InChI is InChI=1S/C31H25N3O2S/c1-21-10-14-24(15-11-21)35-25-16-12-23(13-17-25)34-30(29(33-31(34)37)26-9-5-6-20-32-26)28-19-18-27(36-28)22-7-3-2-4-8-22/h2-20,29-30H,1H3,(H,33,37). The van der Waals surface area contributed by atoms with Gasteiger partial charge in [0.1, 0.15) is 29.1 Å².